The molecule has 138 valence electrons. The number of carbonyl (C=O) groups is 1. The number of nitrogens with zero attached hydrogens (tertiary/aromatic N) is 3. The van der Waals surface area contributed by atoms with Gasteiger partial charge in [0.15, 0.2) is 0 Å². The molecule has 0 radical (unpaired) electrons. The summed E-state index contributed by atoms with van der Waals surface area (Å²) in [4.78, 5) is 19.9. The molecule has 5 heteroatoms. The highest BCUT2D eigenvalue weighted by atomic mass is 16.5. The van der Waals surface area contributed by atoms with Crippen molar-refractivity contribution in [3.8, 4) is 5.75 Å². The minimum Gasteiger partial charge on any atom is -0.497 e. The van der Waals surface area contributed by atoms with Gasteiger partial charge in [0.2, 0.25) is 5.91 Å². The topological polar surface area (TPSA) is 36.0 Å². The molecule has 1 amide bonds. The van der Waals surface area contributed by atoms with E-state index in [9.17, 15) is 4.79 Å². The first kappa shape index (κ1) is 18.1. The van der Waals surface area contributed by atoms with Gasteiger partial charge < -0.3 is 14.5 Å². The van der Waals surface area contributed by atoms with Gasteiger partial charge >= 0.3 is 0 Å². The summed E-state index contributed by atoms with van der Waals surface area (Å²) in [6.07, 6.45) is 4.55. The highest BCUT2D eigenvalue weighted by molar-refractivity contribution is 5.82. The van der Waals surface area contributed by atoms with Crippen LogP contribution in [0.4, 0.5) is 5.69 Å². The maximum absolute atomic E-state index is 13.0. The zero-order chi connectivity index (χ0) is 17.6. The molecule has 1 atom stereocenters. The monoisotopic (exact) mass is 345 g/mol. The van der Waals surface area contributed by atoms with Crippen molar-refractivity contribution in [1.82, 2.24) is 9.80 Å². The van der Waals surface area contributed by atoms with Crippen LogP contribution in [0.15, 0.2) is 24.3 Å². The van der Waals surface area contributed by atoms with Gasteiger partial charge in [-0.2, -0.15) is 0 Å². The van der Waals surface area contributed by atoms with Crippen LogP contribution in [0.2, 0.25) is 0 Å². The average Bonchev–Trinajstić information content (AvgIpc) is 2.68. The third-order valence-corrected chi connectivity index (χ3v) is 5.42. The van der Waals surface area contributed by atoms with E-state index >= 15 is 0 Å². The van der Waals surface area contributed by atoms with E-state index in [1.807, 2.05) is 12.1 Å². The fourth-order valence-electron chi connectivity index (χ4n) is 4.03. The molecule has 25 heavy (non-hydrogen) atoms. The molecule has 1 unspecified atom stereocenters. The smallest absolute Gasteiger partial charge is 0.240 e. The Morgan fingerprint density at radius 3 is 2.68 bits per heavy atom. The molecule has 0 aliphatic carbocycles. The number of hydrogen-bond donors (Lipinski definition) is 0. The maximum atomic E-state index is 13.0. The van der Waals surface area contributed by atoms with Gasteiger partial charge in [-0.25, -0.2) is 0 Å². The predicted octanol–water partition coefficient (Wildman–Crippen LogP) is 2.61. The van der Waals surface area contributed by atoms with Crippen molar-refractivity contribution in [3.63, 3.8) is 0 Å². The van der Waals surface area contributed by atoms with Crippen LogP contribution in [0.25, 0.3) is 0 Å². The zero-order valence-corrected chi connectivity index (χ0v) is 15.6. The molecule has 2 heterocycles. The van der Waals surface area contributed by atoms with Gasteiger partial charge in [0.25, 0.3) is 0 Å². The molecule has 2 saturated heterocycles. The Hall–Kier alpha value is -1.75. The number of likely N-dealkylation sites (tertiary alicyclic amines) is 1. The molecule has 0 saturated carbocycles. The Bertz CT molecular complexity index is 568. The fourth-order valence-corrected chi connectivity index (χ4v) is 4.03. The first-order chi connectivity index (χ1) is 12.2. The molecule has 0 N–H and O–H groups in total. The molecular weight excluding hydrogens is 314 g/mol. The lowest BCUT2D eigenvalue weighted by Crippen LogP contribution is -2.56. The number of piperidine rings is 1. The van der Waals surface area contributed by atoms with Crippen LogP contribution in [0.1, 0.15) is 32.6 Å². The largest absolute Gasteiger partial charge is 0.497 e. The van der Waals surface area contributed by atoms with E-state index in [1.165, 1.54) is 18.5 Å². The van der Waals surface area contributed by atoms with Gasteiger partial charge in [-0.05, 0) is 44.5 Å². The lowest BCUT2D eigenvalue weighted by molar-refractivity contribution is -0.138. The van der Waals surface area contributed by atoms with Crippen LogP contribution in [-0.4, -0.2) is 68.1 Å². The van der Waals surface area contributed by atoms with Crippen molar-refractivity contribution in [1.29, 1.82) is 0 Å². The first-order valence-electron chi connectivity index (χ1n) is 9.64. The lowest BCUT2D eigenvalue weighted by Gasteiger charge is -2.41. The summed E-state index contributed by atoms with van der Waals surface area (Å²) < 4.78 is 5.32. The highest BCUT2D eigenvalue weighted by Gasteiger charge is 2.32. The van der Waals surface area contributed by atoms with Crippen LogP contribution in [0.5, 0.6) is 5.75 Å². The predicted molar refractivity (Wildman–Crippen MR) is 101 cm³/mol. The summed E-state index contributed by atoms with van der Waals surface area (Å²) in [6, 6.07) is 8.29. The first-order valence-corrected chi connectivity index (χ1v) is 9.64. The summed E-state index contributed by atoms with van der Waals surface area (Å²) in [7, 11) is 1.70. The molecule has 2 aliphatic rings. The van der Waals surface area contributed by atoms with Crippen molar-refractivity contribution in [2.24, 2.45) is 0 Å². The Balaban J connectivity index is 1.58. The molecule has 1 aromatic carbocycles. The van der Waals surface area contributed by atoms with E-state index in [0.29, 0.717) is 5.91 Å². The second-order valence-electron chi connectivity index (χ2n) is 7.06. The normalized spacial score (nSPS) is 22.1. The minimum atomic E-state index is 0.108. The second-order valence-corrected chi connectivity index (χ2v) is 7.06. The Morgan fingerprint density at radius 2 is 1.96 bits per heavy atom. The SMILES string of the molecule is CCCN1CCCCC1C(=O)N1CCN(c2cccc(OC)c2)CC1. The van der Waals surface area contributed by atoms with E-state index in [2.05, 4.69) is 33.8 Å². The number of anilines is 1. The number of rotatable bonds is 5. The average molecular weight is 345 g/mol. The van der Waals surface area contributed by atoms with E-state index in [-0.39, 0.29) is 6.04 Å². The number of carbonyl (C=O) groups excluding carboxylic acids is 1. The van der Waals surface area contributed by atoms with Gasteiger partial charge in [0, 0.05) is 37.9 Å². The maximum Gasteiger partial charge on any atom is 0.240 e. The van der Waals surface area contributed by atoms with Crippen LogP contribution >= 0.6 is 0 Å². The molecule has 0 spiro atoms. The van der Waals surface area contributed by atoms with E-state index in [1.54, 1.807) is 7.11 Å². The van der Waals surface area contributed by atoms with Crippen molar-refractivity contribution >= 4 is 11.6 Å². The third-order valence-electron chi connectivity index (χ3n) is 5.42. The summed E-state index contributed by atoms with van der Waals surface area (Å²) in [5, 5.41) is 0. The van der Waals surface area contributed by atoms with Crippen LogP contribution in [-0.2, 0) is 4.79 Å². The molecule has 0 aromatic heterocycles. The Morgan fingerprint density at radius 1 is 1.16 bits per heavy atom. The number of ether oxygens (including phenoxy) is 1. The minimum absolute atomic E-state index is 0.108. The van der Waals surface area contributed by atoms with Gasteiger partial charge in [-0.3, -0.25) is 9.69 Å². The van der Waals surface area contributed by atoms with Gasteiger partial charge in [0.05, 0.1) is 13.2 Å². The Kier molecular flexibility index (Phi) is 6.19. The molecule has 1 aromatic rings. The molecule has 5 nitrogen and oxygen atoms in total. The standard InChI is InChI=1S/C20H31N3O2/c1-3-10-22-11-5-4-9-19(22)20(24)23-14-12-21(13-15-23)17-7-6-8-18(16-17)25-2/h6-8,16,19H,3-5,9-15H2,1-2H3. The summed E-state index contributed by atoms with van der Waals surface area (Å²) in [5.41, 5.74) is 1.18. The van der Waals surface area contributed by atoms with Crippen molar-refractivity contribution in [2.45, 2.75) is 38.6 Å². The molecular formula is C20H31N3O2. The van der Waals surface area contributed by atoms with Gasteiger partial charge in [-0.15, -0.1) is 0 Å². The van der Waals surface area contributed by atoms with Crippen molar-refractivity contribution < 1.29 is 9.53 Å². The lowest BCUT2D eigenvalue weighted by atomic mass is 10.00. The fraction of sp³-hybridized carbons (Fsp3) is 0.650. The van der Waals surface area contributed by atoms with E-state index in [4.69, 9.17) is 4.74 Å². The summed E-state index contributed by atoms with van der Waals surface area (Å²) >= 11 is 0. The number of piperazine rings is 1. The second kappa shape index (κ2) is 8.56. The molecule has 2 aliphatic heterocycles. The van der Waals surface area contributed by atoms with E-state index in [0.717, 1.165) is 57.9 Å². The van der Waals surface area contributed by atoms with Gasteiger partial charge in [0.1, 0.15) is 5.75 Å². The number of benzene rings is 1. The number of hydrogen-bond acceptors (Lipinski definition) is 4. The van der Waals surface area contributed by atoms with E-state index < -0.39 is 0 Å². The molecule has 2 fully saturated rings. The zero-order valence-electron chi connectivity index (χ0n) is 15.6. The van der Waals surface area contributed by atoms with Gasteiger partial charge in [-0.1, -0.05) is 19.4 Å². The van der Waals surface area contributed by atoms with Crippen molar-refractivity contribution in [3.05, 3.63) is 24.3 Å². The third kappa shape index (κ3) is 4.27. The summed E-state index contributed by atoms with van der Waals surface area (Å²) in [5.74, 6) is 1.23. The van der Waals surface area contributed by atoms with Crippen LogP contribution < -0.4 is 9.64 Å². The quantitative estimate of drug-likeness (QED) is 0.822. The number of methoxy groups -OCH3 is 1. The molecule has 0 bridgehead atoms. The van der Waals surface area contributed by atoms with Crippen molar-refractivity contribution in [2.75, 3.05) is 51.3 Å². The van der Waals surface area contributed by atoms with Crippen LogP contribution in [0, 0.1) is 0 Å². The number of amides is 1. The summed E-state index contributed by atoms with van der Waals surface area (Å²) in [6.45, 7) is 7.72. The highest BCUT2D eigenvalue weighted by Crippen LogP contribution is 2.24. The molecule has 3 rings (SSSR count). The Labute approximate surface area is 151 Å². The van der Waals surface area contributed by atoms with Crippen LogP contribution in [0.3, 0.4) is 0 Å².